The van der Waals surface area contributed by atoms with Gasteiger partial charge in [-0.15, -0.1) is 0 Å². The van der Waals surface area contributed by atoms with Gasteiger partial charge in [0, 0.05) is 13.2 Å². The number of nitrogens with zero attached hydrogens (tertiary/aromatic N) is 1. The molecule has 5 nitrogen and oxygen atoms in total. The van der Waals surface area contributed by atoms with Crippen LogP contribution in [0.4, 0.5) is 0 Å². The highest BCUT2D eigenvalue weighted by Gasteiger charge is 2.36. The van der Waals surface area contributed by atoms with E-state index in [4.69, 9.17) is 4.74 Å². The van der Waals surface area contributed by atoms with Crippen LogP contribution in [0.25, 0.3) is 0 Å². The molecular formula is C16H19NO4. The van der Waals surface area contributed by atoms with Crippen LogP contribution in [0.15, 0.2) is 24.3 Å². The van der Waals surface area contributed by atoms with Gasteiger partial charge < -0.3 is 14.7 Å². The molecule has 2 heterocycles. The van der Waals surface area contributed by atoms with Gasteiger partial charge in [-0.2, -0.15) is 0 Å². The van der Waals surface area contributed by atoms with Crippen LogP contribution in [-0.2, 0) is 20.7 Å². The lowest BCUT2D eigenvalue weighted by Gasteiger charge is -2.37. The zero-order chi connectivity index (χ0) is 14.8. The van der Waals surface area contributed by atoms with Crippen molar-refractivity contribution in [2.75, 3.05) is 13.2 Å². The van der Waals surface area contributed by atoms with Crippen LogP contribution in [-0.4, -0.2) is 41.1 Å². The SMILES string of the molecule is O=C(O)CC1c2ccccc2CCN1C(=O)C1CCCO1. The van der Waals surface area contributed by atoms with Gasteiger partial charge in [-0.05, 0) is 30.4 Å². The van der Waals surface area contributed by atoms with E-state index >= 15 is 0 Å². The third kappa shape index (κ3) is 2.78. The van der Waals surface area contributed by atoms with Crippen molar-refractivity contribution in [2.24, 2.45) is 0 Å². The maximum Gasteiger partial charge on any atom is 0.305 e. The smallest absolute Gasteiger partial charge is 0.305 e. The molecule has 0 aromatic heterocycles. The van der Waals surface area contributed by atoms with Crippen molar-refractivity contribution in [1.82, 2.24) is 4.90 Å². The van der Waals surface area contributed by atoms with Crippen LogP contribution < -0.4 is 0 Å². The van der Waals surface area contributed by atoms with Crippen molar-refractivity contribution >= 4 is 11.9 Å². The molecule has 1 N–H and O–H groups in total. The first-order valence-electron chi connectivity index (χ1n) is 7.38. The minimum Gasteiger partial charge on any atom is -0.481 e. The lowest BCUT2D eigenvalue weighted by Crippen LogP contribution is -2.45. The Bertz CT molecular complexity index is 551. The Balaban J connectivity index is 1.89. The van der Waals surface area contributed by atoms with Crippen molar-refractivity contribution in [3.05, 3.63) is 35.4 Å². The Hall–Kier alpha value is -1.88. The average Bonchev–Trinajstić information content (AvgIpc) is 3.00. The monoisotopic (exact) mass is 289 g/mol. The summed E-state index contributed by atoms with van der Waals surface area (Å²) < 4.78 is 5.47. The largest absolute Gasteiger partial charge is 0.481 e. The van der Waals surface area contributed by atoms with E-state index in [0.717, 1.165) is 30.4 Å². The van der Waals surface area contributed by atoms with Crippen molar-refractivity contribution in [1.29, 1.82) is 0 Å². The summed E-state index contributed by atoms with van der Waals surface area (Å²) in [5.41, 5.74) is 2.10. The lowest BCUT2D eigenvalue weighted by molar-refractivity contribution is -0.147. The quantitative estimate of drug-likeness (QED) is 0.921. The van der Waals surface area contributed by atoms with E-state index in [-0.39, 0.29) is 18.4 Å². The minimum absolute atomic E-state index is 0.0600. The third-order valence-electron chi connectivity index (χ3n) is 4.27. The summed E-state index contributed by atoms with van der Waals surface area (Å²) in [6.07, 6.45) is 1.94. The van der Waals surface area contributed by atoms with Gasteiger partial charge >= 0.3 is 5.97 Å². The second kappa shape index (κ2) is 5.85. The van der Waals surface area contributed by atoms with E-state index in [1.807, 2.05) is 24.3 Å². The van der Waals surface area contributed by atoms with E-state index in [0.29, 0.717) is 13.2 Å². The van der Waals surface area contributed by atoms with Crippen LogP contribution >= 0.6 is 0 Å². The standard InChI is InChI=1S/C16H19NO4/c18-15(19)10-13-12-5-2-1-4-11(12)7-8-17(13)16(20)14-6-3-9-21-14/h1-2,4-5,13-14H,3,6-10H2,(H,18,19). The summed E-state index contributed by atoms with van der Waals surface area (Å²) in [4.78, 5) is 25.5. The summed E-state index contributed by atoms with van der Waals surface area (Å²) in [7, 11) is 0. The molecule has 0 radical (unpaired) electrons. The highest BCUT2D eigenvalue weighted by atomic mass is 16.5. The molecule has 112 valence electrons. The number of carbonyl (C=O) groups is 2. The van der Waals surface area contributed by atoms with Crippen LogP contribution in [0.1, 0.15) is 36.4 Å². The number of carboxylic acid groups (broad SMARTS) is 1. The van der Waals surface area contributed by atoms with E-state index < -0.39 is 12.1 Å². The zero-order valence-corrected chi connectivity index (χ0v) is 11.8. The molecule has 0 spiro atoms. The van der Waals surface area contributed by atoms with Crippen LogP contribution in [0, 0.1) is 0 Å². The Morgan fingerprint density at radius 3 is 2.86 bits per heavy atom. The molecule has 1 saturated heterocycles. The predicted octanol–water partition coefficient (Wildman–Crippen LogP) is 1.77. The average molecular weight is 289 g/mol. The van der Waals surface area contributed by atoms with Crippen molar-refractivity contribution < 1.29 is 19.4 Å². The summed E-state index contributed by atoms with van der Waals surface area (Å²) in [5, 5.41) is 9.19. The Kier molecular flexibility index (Phi) is 3.92. The van der Waals surface area contributed by atoms with Gasteiger partial charge in [0.2, 0.25) is 0 Å². The molecule has 1 aromatic carbocycles. The highest BCUT2D eigenvalue weighted by Crippen LogP contribution is 2.33. The van der Waals surface area contributed by atoms with E-state index in [9.17, 15) is 14.7 Å². The molecule has 21 heavy (non-hydrogen) atoms. The fourth-order valence-electron chi connectivity index (χ4n) is 3.26. The maximum atomic E-state index is 12.6. The molecule has 2 aliphatic rings. The molecule has 3 rings (SSSR count). The number of aliphatic carboxylic acids is 1. The fraction of sp³-hybridized carbons (Fsp3) is 0.500. The predicted molar refractivity (Wildman–Crippen MR) is 75.8 cm³/mol. The highest BCUT2D eigenvalue weighted by molar-refractivity contribution is 5.82. The van der Waals surface area contributed by atoms with E-state index in [1.54, 1.807) is 4.90 Å². The number of carboxylic acids is 1. The number of hydrogen-bond acceptors (Lipinski definition) is 3. The van der Waals surface area contributed by atoms with Gasteiger partial charge in [0.15, 0.2) is 0 Å². The first-order valence-corrected chi connectivity index (χ1v) is 7.38. The van der Waals surface area contributed by atoms with E-state index in [2.05, 4.69) is 0 Å². The Morgan fingerprint density at radius 1 is 1.33 bits per heavy atom. The van der Waals surface area contributed by atoms with Crippen molar-refractivity contribution in [3.8, 4) is 0 Å². The molecule has 2 unspecified atom stereocenters. The molecule has 0 aliphatic carbocycles. The number of ether oxygens (including phenoxy) is 1. The summed E-state index contributed by atoms with van der Waals surface area (Å²) in [5.74, 6) is -0.949. The van der Waals surface area contributed by atoms with Gasteiger partial charge in [0.25, 0.3) is 5.91 Å². The summed E-state index contributed by atoms with van der Waals surface area (Å²) in [6.45, 7) is 1.18. The number of rotatable bonds is 3. The van der Waals surface area contributed by atoms with Crippen molar-refractivity contribution in [3.63, 3.8) is 0 Å². The van der Waals surface area contributed by atoms with Gasteiger partial charge in [0.05, 0.1) is 12.5 Å². The topological polar surface area (TPSA) is 66.8 Å². The zero-order valence-electron chi connectivity index (χ0n) is 11.8. The van der Waals surface area contributed by atoms with Gasteiger partial charge in [0.1, 0.15) is 6.10 Å². The van der Waals surface area contributed by atoms with Gasteiger partial charge in [-0.25, -0.2) is 0 Å². The Labute approximate surface area is 123 Å². The van der Waals surface area contributed by atoms with Crippen LogP contribution in [0.5, 0.6) is 0 Å². The molecule has 1 amide bonds. The second-order valence-electron chi connectivity index (χ2n) is 5.60. The molecule has 1 aromatic rings. The number of hydrogen-bond donors (Lipinski definition) is 1. The number of fused-ring (bicyclic) bond motifs is 1. The summed E-state index contributed by atoms with van der Waals surface area (Å²) >= 11 is 0. The van der Waals surface area contributed by atoms with Crippen LogP contribution in [0.2, 0.25) is 0 Å². The molecule has 2 aliphatic heterocycles. The molecule has 2 atom stereocenters. The van der Waals surface area contributed by atoms with Crippen LogP contribution in [0.3, 0.4) is 0 Å². The molecule has 0 saturated carbocycles. The number of benzene rings is 1. The minimum atomic E-state index is -0.887. The molecule has 5 heteroatoms. The normalized spacial score (nSPS) is 24.7. The molecule has 0 bridgehead atoms. The third-order valence-corrected chi connectivity index (χ3v) is 4.27. The van der Waals surface area contributed by atoms with Gasteiger partial charge in [-0.1, -0.05) is 24.3 Å². The van der Waals surface area contributed by atoms with Crippen molar-refractivity contribution in [2.45, 2.75) is 37.8 Å². The first kappa shape index (κ1) is 14.1. The fourth-order valence-corrected chi connectivity index (χ4v) is 3.26. The first-order chi connectivity index (χ1) is 10.2. The van der Waals surface area contributed by atoms with E-state index in [1.165, 1.54) is 0 Å². The molecular weight excluding hydrogens is 270 g/mol. The molecule has 1 fully saturated rings. The van der Waals surface area contributed by atoms with Gasteiger partial charge in [-0.3, -0.25) is 9.59 Å². The number of amides is 1. The lowest BCUT2D eigenvalue weighted by atomic mass is 9.90. The Morgan fingerprint density at radius 2 is 2.14 bits per heavy atom. The number of carbonyl (C=O) groups excluding carboxylic acids is 1. The summed E-state index contributed by atoms with van der Waals surface area (Å²) in [6, 6.07) is 7.40. The second-order valence-corrected chi connectivity index (χ2v) is 5.60. The maximum absolute atomic E-state index is 12.6.